The number of piperazine rings is 1. The second-order valence-electron chi connectivity index (χ2n) is 10.5. The van der Waals surface area contributed by atoms with Gasteiger partial charge in [-0.05, 0) is 50.8 Å². The Kier molecular flexibility index (Phi) is 5.29. The summed E-state index contributed by atoms with van der Waals surface area (Å²) < 4.78 is 3.79. The van der Waals surface area contributed by atoms with Crippen LogP contribution < -0.4 is 10.6 Å². The third-order valence-electron chi connectivity index (χ3n) is 7.49. The topological polar surface area (TPSA) is 115 Å². The second kappa shape index (κ2) is 8.43. The Morgan fingerprint density at radius 1 is 1.14 bits per heavy atom. The first kappa shape index (κ1) is 23.2. The lowest BCUT2D eigenvalue weighted by molar-refractivity contribution is -0.145. The Bertz CT molecular complexity index is 1530. The zero-order chi connectivity index (χ0) is 25.9. The van der Waals surface area contributed by atoms with Crippen molar-refractivity contribution < 1.29 is 9.59 Å². The summed E-state index contributed by atoms with van der Waals surface area (Å²) in [6, 6.07) is 9.88. The number of fused-ring (bicyclic) bond motifs is 1. The number of amides is 2. The first-order chi connectivity index (χ1) is 17.7. The molecule has 10 nitrogen and oxygen atoms in total. The fourth-order valence-electron chi connectivity index (χ4n) is 5.32. The van der Waals surface area contributed by atoms with E-state index in [4.69, 9.17) is 5.73 Å². The first-order valence-electron chi connectivity index (χ1n) is 12.6. The minimum absolute atomic E-state index is 0.100. The highest BCUT2D eigenvalue weighted by atomic mass is 16.2. The van der Waals surface area contributed by atoms with Crippen LogP contribution in [0.4, 0.5) is 11.5 Å². The molecule has 3 aromatic heterocycles. The molecule has 1 saturated carbocycles. The minimum atomic E-state index is -0.919. The number of carbonyl (C=O) groups excluding carboxylic acids is 2. The Hall–Kier alpha value is -4.21. The SMILES string of the molecule is CC(=O)N1CCN(c2cccc(-c3cc(-c4cnn(CC5CC5)c4)c4c(N)ncnn34)c2)C(=O)C1(C)C. The first-order valence-corrected chi connectivity index (χ1v) is 12.6. The van der Waals surface area contributed by atoms with E-state index in [0.717, 1.165) is 46.1 Å². The van der Waals surface area contributed by atoms with E-state index >= 15 is 0 Å². The van der Waals surface area contributed by atoms with Crippen molar-refractivity contribution >= 4 is 28.8 Å². The van der Waals surface area contributed by atoms with Crippen molar-refractivity contribution in [1.82, 2.24) is 29.3 Å². The van der Waals surface area contributed by atoms with Crippen LogP contribution >= 0.6 is 0 Å². The predicted molar refractivity (Wildman–Crippen MR) is 141 cm³/mol. The van der Waals surface area contributed by atoms with E-state index in [-0.39, 0.29) is 11.8 Å². The molecule has 2 amide bonds. The van der Waals surface area contributed by atoms with Gasteiger partial charge in [-0.3, -0.25) is 14.3 Å². The van der Waals surface area contributed by atoms with Gasteiger partial charge in [-0.15, -0.1) is 0 Å². The second-order valence-corrected chi connectivity index (χ2v) is 10.5. The lowest BCUT2D eigenvalue weighted by Crippen LogP contribution is -2.64. The van der Waals surface area contributed by atoms with Crippen LogP contribution in [0.15, 0.2) is 49.1 Å². The summed E-state index contributed by atoms with van der Waals surface area (Å²) in [4.78, 5) is 33.1. The number of anilines is 2. The van der Waals surface area contributed by atoms with Gasteiger partial charge in [-0.1, -0.05) is 12.1 Å². The molecule has 190 valence electrons. The number of carbonyl (C=O) groups is 2. The van der Waals surface area contributed by atoms with Crippen molar-refractivity contribution in [3.05, 3.63) is 49.1 Å². The van der Waals surface area contributed by atoms with Crippen molar-refractivity contribution in [1.29, 1.82) is 0 Å². The van der Waals surface area contributed by atoms with Gasteiger partial charge < -0.3 is 15.5 Å². The van der Waals surface area contributed by atoms with E-state index in [1.807, 2.05) is 35.1 Å². The molecule has 0 spiro atoms. The molecule has 4 heterocycles. The van der Waals surface area contributed by atoms with Crippen LogP contribution in [-0.2, 0) is 16.1 Å². The van der Waals surface area contributed by atoms with Gasteiger partial charge in [0.1, 0.15) is 17.4 Å². The van der Waals surface area contributed by atoms with Crippen LogP contribution in [0.3, 0.4) is 0 Å². The number of benzene rings is 1. The number of nitrogen functional groups attached to an aromatic ring is 1. The van der Waals surface area contributed by atoms with Crippen LogP contribution in [0.25, 0.3) is 27.9 Å². The molecule has 1 saturated heterocycles. The number of nitrogens with zero attached hydrogens (tertiary/aromatic N) is 7. The zero-order valence-electron chi connectivity index (χ0n) is 21.3. The van der Waals surface area contributed by atoms with Crippen molar-refractivity contribution in [2.24, 2.45) is 5.92 Å². The number of aromatic nitrogens is 5. The summed E-state index contributed by atoms with van der Waals surface area (Å²) in [5.41, 5.74) is 10.5. The van der Waals surface area contributed by atoms with Crippen LogP contribution in [-0.4, -0.2) is 59.7 Å². The standard InChI is InChI=1S/C27H30N8O2/c1-17(36)34-10-9-33(26(37)27(34,2)3)21-6-4-5-19(11-21)23-12-22(24-25(28)29-16-31-35(23)24)20-13-30-32(15-20)14-18-7-8-18/h4-6,11-13,15-16,18H,7-10,14H2,1-3H3,(H2,28,29,31). The summed E-state index contributed by atoms with van der Waals surface area (Å²) in [5.74, 6) is 0.896. The molecule has 0 bridgehead atoms. The molecule has 0 radical (unpaired) electrons. The van der Waals surface area contributed by atoms with E-state index in [1.165, 1.54) is 26.1 Å². The van der Waals surface area contributed by atoms with Gasteiger partial charge in [0, 0.05) is 55.1 Å². The summed E-state index contributed by atoms with van der Waals surface area (Å²) >= 11 is 0. The Labute approximate surface area is 214 Å². The average molecular weight is 499 g/mol. The van der Waals surface area contributed by atoms with Gasteiger partial charge in [0.25, 0.3) is 5.91 Å². The third kappa shape index (κ3) is 3.92. The van der Waals surface area contributed by atoms with Crippen LogP contribution in [0.2, 0.25) is 0 Å². The lowest BCUT2D eigenvalue weighted by atomic mass is 9.96. The van der Waals surface area contributed by atoms with Crippen molar-refractivity contribution in [3.63, 3.8) is 0 Å². The number of rotatable bonds is 5. The van der Waals surface area contributed by atoms with E-state index in [1.54, 1.807) is 28.2 Å². The van der Waals surface area contributed by atoms with E-state index in [2.05, 4.69) is 27.4 Å². The Morgan fingerprint density at radius 3 is 2.70 bits per heavy atom. The van der Waals surface area contributed by atoms with Gasteiger partial charge in [-0.25, -0.2) is 9.50 Å². The van der Waals surface area contributed by atoms with Gasteiger partial charge in [0.05, 0.1) is 11.9 Å². The van der Waals surface area contributed by atoms with Crippen LogP contribution in [0.1, 0.15) is 33.6 Å². The highest BCUT2D eigenvalue weighted by molar-refractivity contribution is 6.03. The van der Waals surface area contributed by atoms with Crippen molar-refractivity contribution in [2.45, 2.75) is 45.7 Å². The maximum atomic E-state index is 13.4. The predicted octanol–water partition coefficient (Wildman–Crippen LogP) is 3.23. The van der Waals surface area contributed by atoms with E-state index < -0.39 is 5.54 Å². The van der Waals surface area contributed by atoms with Gasteiger partial charge in [0.15, 0.2) is 5.82 Å². The molecule has 37 heavy (non-hydrogen) atoms. The van der Waals surface area contributed by atoms with Gasteiger partial charge in [-0.2, -0.15) is 10.2 Å². The number of hydrogen-bond acceptors (Lipinski definition) is 6. The largest absolute Gasteiger partial charge is 0.382 e. The van der Waals surface area contributed by atoms with Gasteiger partial charge >= 0.3 is 0 Å². The van der Waals surface area contributed by atoms with E-state index in [0.29, 0.717) is 18.9 Å². The molecule has 2 fully saturated rings. The quantitative estimate of drug-likeness (QED) is 0.452. The molecule has 1 aromatic carbocycles. The fourth-order valence-corrected chi connectivity index (χ4v) is 5.32. The summed E-state index contributed by atoms with van der Waals surface area (Å²) in [6.07, 6.45) is 7.88. The van der Waals surface area contributed by atoms with Gasteiger partial charge in [0.2, 0.25) is 5.91 Å². The highest BCUT2D eigenvalue weighted by Crippen LogP contribution is 2.37. The highest BCUT2D eigenvalue weighted by Gasteiger charge is 2.43. The maximum Gasteiger partial charge on any atom is 0.252 e. The molecule has 1 aliphatic carbocycles. The fraction of sp³-hybridized carbons (Fsp3) is 0.370. The van der Waals surface area contributed by atoms with Crippen LogP contribution in [0, 0.1) is 5.92 Å². The minimum Gasteiger partial charge on any atom is -0.382 e. The summed E-state index contributed by atoms with van der Waals surface area (Å²) in [5, 5.41) is 9.07. The Morgan fingerprint density at radius 2 is 1.95 bits per heavy atom. The molecule has 2 aliphatic rings. The molecular formula is C27H30N8O2. The normalized spacial score (nSPS) is 17.5. The zero-order valence-corrected chi connectivity index (χ0v) is 21.3. The molecule has 0 atom stereocenters. The molecular weight excluding hydrogens is 468 g/mol. The molecule has 10 heteroatoms. The molecule has 0 unspecified atom stereocenters. The lowest BCUT2D eigenvalue weighted by Gasteiger charge is -2.45. The smallest absolute Gasteiger partial charge is 0.252 e. The number of nitrogens with two attached hydrogens (primary N) is 1. The molecule has 4 aromatic rings. The summed E-state index contributed by atoms with van der Waals surface area (Å²) in [6.45, 7) is 6.93. The molecule has 6 rings (SSSR count). The van der Waals surface area contributed by atoms with Crippen molar-refractivity contribution in [3.8, 4) is 22.4 Å². The molecule has 2 N–H and O–H groups in total. The third-order valence-corrected chi connectivity index (χ3v) is 7.49. The van der Waals surface area contributed by atoms with E-state index in [9.17, 15) is 9.59 Å². The molecule has 1 aliphatic heterocycles. The monoisotopic (exact) mass is 498 g/mol. The maximum absolute atomic E-state index is 13.4. The average Bonchev–Trinajstić information content (AvgIpc) is 3.40. The summed E-state index contributed by atoms with van der Waals surface area (Å²) in [7, 11) is 0. The van der Waals surface area contributed by atoms with Crippen molar-refractivity contribution in [2.75, 3.05) is 23.7 Å². The Balaban J connectivity index is 1.40. The van der Waals surface area contributed by atoms with Crippen LogP contribution in [0.5, 0.6) is 0 Å². The number of hydrogen-bond donors (Lipinski definition) is 1.